The lowest BCUT2D eigenvalue weighted by atomic mass is 9.99. The van der Waals surface area contributed by atoms with Crippen molar-refractivity contribution in [2.45, 2.75) is 30.7 Å². The first-order valence-corrected chi connectivity index (χ1v) is 7.42. The maximum Gasteiger partial charge on any atom is 0.335 e. The first-order valence-electron chi connectivity index (χ1n) is 7.42. The topological polar surface area (TPSA) is 163 Å². The van der Waals surface area contributed by atoms with Crippen LogP contribution < -0.4 is 4.74 Å². The molecule has 0 spiro atoms. The van der Waals surface area contributed by atoms with Crippen LogP contribution in [0.5, 0.6) is 11.5 Å². The summed E-state index contributed by atoms with van der Waals surface area (Å²) in [5.41, 5.74) is 0.487. The molecule has 1 saturated heterocycles. The second-order valence-electron chi connectivity index (χ2n) is 5.44. The van der Waals surface area contributed by atoms with E-state index in [2.05, 4.69) is 0 Å². The lowest BCUT2D eigenvalue weighted by Gasteiger charge is -2.37. The Hall–Kier alpha value is -2.66. The van der Waals surface area contributed by atoms with Gasteiger partial charge in [0.25, 0.3) is 0 Å². The fourth-order valence-corrected chi connectivity index (χ4v) is 2.27. The Balaban J connectivity index is 2.05. The van der Waals surface area contributed by atoms with Gasteiger partial charge in [0.2, 0.25) is 6.29 Å². The lowest BCUT2D eigenvalue weighted by Crippen LogP contribution is -2.60. The molecule has 0 aliphatic carbocycles. The molecule has 0 amide bonds. The number of phenolic OH excluding ortho intramolecular Hbond substituents is 1. The van der Waals surface area contributed by atoms with E-state index in [-0.39, 0.29) is 11.5 Å². The summed E-state index contributed by atoms with van der Waals surface area (Å²) in [5.74, 6) is -2.48. The van der Waals surface area contributed by atoms with E-state index in [1.165, 1.54) is 31.4 Å². The van der Waals surface area contributed by atoms with Crippen molar-refractivity contribution in [2.75, 3.05) is 7.11 Å². The Morgan fingerprint density at radius 2 is 1.85 bits per heavy atom. The number of ether oxygens (including phenoxy) is 3. The van der Waals surface area contributed by atoms with Crippen LogP contribution in [0.15, 0.2) is 24.3 Å². The molecule has 1 aromatic carbocycles. The molecule has 10 nitrogen and oxygen atoms in total. The van der Waals surface area contributed by atoms with E-state index in [0.717, 1.165) is 6.08 Å². The van der Waals surface area contributed by atoms with E-state index in [4.69, 9.17) is 19.3 Å². The van der Waals surface area contributed by atoms with Crippen LogP contribution >= 0.6 is 0 Å². The fourth-order valence-electron chi connectivity index (χ4n) is 2.27. The van der Waals surface area contributed by atoms with Crippen LogP contribution in [0.2, 0.25) is 0 Å². The number of aliphatic hydroxyl groups is 3. The molecule has 5 N–H and O–H groups in total. The average Bonchev–Trinajstić information content (AvgIpc) is 2.61. The summed E-state index contributed by atoms with van der Waals surface area (Å²) < 4.78 is 14.5. The molecule has 0 bridgehead atoms. The largest absolute Gasteiger partial charge is 0.504 e. The number of methoxy groups -OCH3 is 1. The summed E-state index contributed by atoms with van der Waals surface area (Å²) in [7, 11) is 1.36. The minimum Gasteiger partial charge on any atom is -0.504 e. The monoisotopic (exact) mass is 370 g/mol. The predicted octanol–water partition coefficient (Wildman–Crippen LogP) is -1.15. The third-order valence-electron chi connectivity index (χ3n) is 3.66. The quantitative estimate of drug-likeness (QED) is 0.316. The Kier molecular flexibility index (Phi) is 6.16. The van der Waals surface area contributed by atoms with Gasteiger partial charge in [0.05, 0.1) is 7.11 Å². The molecule has 0 radical (unpaired) electrons. The fraction of sp³-hybridized carbons (Fsp3) is 0.375. The van der Waals surface area contributed by atoms with Crippen molar-refractivity contribution in [3.05, 3.63) is 29.8 Å². The summed E-state index contributed by atoms with van der Waals surface area (Å²) in [6.07, 6.45) is -6.93. The molecule has 1 aromatic rings. The molecule has 26 heavy (non-hydrogen) atoms. The van der Waals surface area contributed by atoms with E-state index in [9.17, 15) is 30.0 Å². The van der Waals surface area contributed by atoms with Gasteiger partial charge in [0, 0.05) is 6.08 Å². The van der Waals surface area contributed by atoms with Gasteiger partial charge in [0.15, 0.2) is 17.6 Å². The second kappa shape index (κ2) is 8.15. The van der Waals surface area contributed by atoms with Gasteiger partial charge >= 0.3 is 11.9 Å². The average molecular weight is 370 g/mol. The number of hydrogen-bond acceptors (Lipinski definition) is 9. The molecule has 10 heteroatoms. The molecule has 1 aliphatic heterocycles. The summed E-state index contributed by atoms with van der Waals surface area (Å²) in [6.45, 7) is 0. The molecule has 0 aromatic heterocycles. The summed E-state index contributed by atoms with van der Waals surface area (Å²) >= 11 is 0. The molecule has 0 saturated carbocycles. The molecule has 5 atom stereocenters. The number of carboxylic acids is 1. The van der Waals surface area contributed by atoms with Crippen molar-refractivity contribution in [1.82, 2.24) is 0 Å². The Bertz CT molecular complexity index is 700. The van der Waals surface area contributed by atoms with Crippen molar-refractivity contribution in [3.8, 4) is 11.5 Å². The molecule has 1 aliphatic rings. The van der Waals surface area contributed by atoms with Crippen molar-refractivity contribution in [3.63, 3.8) is 0 Å². The van der Waals surface area contributed by atoms with Crippen LogP contribution in [-0.4, -0.2) is 75.3 Å². The van der Waals surface area contributed by atoms with Gasteiger partial charge < -0.3 is 39.7 Å². The SMILES string of the molecule is COc1cc(C=CC(=O)OC2OC(C(=O)O)C(O)C(O)C2O)ccc1O. The van der Waals surface area contributed by atoms with Crippen molar-refractivity contribution >= 4 is 18.0 Å². The van der Waals surface area contributed by atoms with Gasteiger partial charge in [0.1, 0.15) is 18.3 Å². The number of carbonyl (C=O) groups excluding carboxylic acids is 1. The van der Waals surface area contributed by atoms with Gasteiger partial charge in [-0.3, -0.25) is 0 Å². The number of carbonyl (C=O) groups is 2. The standard InChI is InChI=1S/C16H18O10/c1-24-9-6-7(2-4-8(9)17)3-5-10(18)25-16-13(21)11(19)12(20)14(26-16)15(22)23/h2-6,11-14,16-17,19-21H,1H3,(H,22,23). The van der Waals surface area contributed by atoms with Crippen LogP contribution in [0, 0.1) is 0 Å². The number of carboxylic acid groups (broad SMARTS) is 1. The Morgan fingerprint density at radius 3 is 2.46 bits per heavy atom. The van der Waals surface area contributed by atoms with Gasteiger partial charge in [-0.1, -0.05) is 6.07 Å². The maximum atomic E-state index is 11.8. The van der Waals surface area contributed by atoms with Gasteiger partial charge in [-0.15, -0.1) is 0 Å². The van der Waals surface area contributed by atoms with E-state index in [1.54, 1.807) is 0 Å². The maximum absolute atomic E-state index is 11.8. The van der Waals surface area contributed by atoms with Crippen LogP contribution in [0.25, 0.3) is 6.08 Å². The highest BCUT2D eigenvalue weighted by Gasteiger charge is 2.48. The number of rotatable bonds is 5. The number of aliphatic hydroxyl groups excluding tert-OH is 3. The minimum absolute atomic E-state index is 0.0850. The number of aromatic hydroxyl groups is 1. The highest BCUT2D eigenvalue weighted by Crippen LogP contribution is 2.27. The van der Waals surface area contributed by atoms with Crippen LogP contribution in [-0.2, 0) is 19.1 Å². The zero-order valence-corrected chi connectivity index (χ0v) is 13.6. The zero-order valence-electron chi connectivity index (χ0n) is 13.6. The Morgan fingerprint density at radius 1 is 1.15 bits per heavy atom. The smallest absolute Gasteiger partial charge is 0.335 e. The molecule has 1 heterocycles. The predicted molar refractivity (Wildman–Crippen MR) is 84.1 cm³/mol. The highest BCUT2D eigenvalue weighted by molar-refractivity contribution is 5.87. The molecule has 1 fully saturated rings. The second-order valence-corrected chi connectivity index (χ2v) is 5.44. The third-order valence-corrected chi connectivity index (χ3v) is 3.66. The van der Waals surface area contributed by atoms with Gasteiger partial charge in [-0.25, -0.2) is 9.59 Å². The molecular formula is C16H18O10. The van der Waals surface area contributed by atoms with Crippen LogP contribution in [0.1, 0.15) is 5.56 Å². The number of benzene rings is 1. The van der Waals surface area contributed by atoms with Gasteiger partial charge in [-0.05, 0) is 23.8 Å². The van der Waals surface area contributed by atoms with E-state index < -0.39 is 42.6 Å². The van der Waals surface area contributed by atoms with Crippen molar-refractivity contribution < 1.29 is 49.3 Å². The van der Waals surface area contributed by atoms with E-state index >= 15 is 0 Å². The van der Waals surface area contributed by atoms with Gasteiger partial charge in [-0.2, -0.15) is 0 Å². The van der Waals surface area contributed by atoms with Crippen molar-refractivity contribution in [1.29, 1.82) is 0 Å². The highest BCUT2D eigenvalue weighted by atomic mass is 16.7. The van der Waals surface area contributed by atoms with Crippen LogP contribution in [0.3, 0.4) is 0 Å². The zero-order chi connectivity index (χ0) is 19.4. The van der Waals surface area contributed by atoms with Crippen LogP contribution in [0.4, 0.5) is 0 Å². The van der Waals surface area contributed by atoms with E-state index in [0.29, 0.717) is 5.56 Å². The Labute approximate surface area is 147 Å². The van der Waals surface area contributed by atoms with E-state index in [1.807, 2.05) is 0 Å². The molecule has 142 valence electrons. The lowest BCUT2D eigenvalue weighted by molar-refractivity contribution is -0.284. The molecule has 2 rings (SSSR count). The number of phenols is 1. The third kappa shape index (κ3) is 4.29. The minimum atomic E-state index is -1.88. The normalized spacial score (nSPS) is 28.7. The summed E-state index contributed by atoms with van der Waals surface area (Å²) in [5, 5.41) is 47.4. The summed E-state index contributed by atoms with van der Waals surface area (Å²) in [4.78, 5) is 22.8. The first kappa shape index (κ1) is 19.7. The summed E-state index contributed by atoms with van der Waals surface area (Å²) in [6, 6.07) is 4.30. The molecular weight excluding hydrogens is 352 g/mol. The molecule has 5 unspecified atom stereocenters. The number of aliphatic carboxylic acids is 1. The van der Waals surface area contributed by atoms with Crippen molar-refractivity contribution in [2.24, 2.45) is 0 Å². The first-order chi connectivity index (χ1) is 12.2. The number of hydrogen-bond donors (Lipinski definition) is 5. The number of esters is 1.